The Kier molecular flexibility index (Phi) is 4.32. The third-order valence-corrected chi connectivity index (χ3v) is 4.03. The van der Waals surface area contributed by atoms with E-state index in [0.717, 1.165) is 10.5 Å². The number of benzene rings is 1. The van der Waals surface area contributed by atoms with Crippen LogP contribution in [0.5, 0.6) is 5.75 Å². The van der Waals surface area contributed by atoms with Gasteiger partial charge in [0.1, 0.15) is 25.0 Å². The molecule has 6 nitrogen and oxygen atoms in total. The van der Waals surface area contributed by atoms with Gasteiger partial charge in [-0.15, -0.1) is 0 Å². The van der Waals surface area contributed by atoms with Gasteiger partial charge in [0, 0.05) is 11.6 Å². The minimum Gasteiger partial charge on any atom is -0.497 e. The normalized spacial score (nSPS) is 14.7. The topological polar surface area (TPSA) is 56.9 Å². The van der Waals surface area contributed by atoms with E-state index in [0.29, 0.717) is 37.5 Å². The molecule has 2 aromatic rings. The SMILES string of the molecule is COc1cccc(C(=O)N2CCN(c3cccc[n+]3O)CC2)c1. The smallest absolute Gasteiger partial charge is 0.316 e. The van der Waals surface area contributed by atoms with Gasteiger partial charge in [-0.05, 0) is 24.3 Å². The average molecular weight is 314 g/mol. The highest BCUT2D eigenvalue weighted by atomic mass is 16.5. The average Bonchev–Trinajstić information content (AvgIpc) is 2.62. The van der Waals surface area contributed by atoms with Crippen LogP contribution in [-0.4, -0.2) is 49.3 Å². The Morgan fingerprint density at radius 3 is 2.61 bits per heavy atom. The number of anilines is 1. The summed E-state index contributed by atoms with van der Waals surface area (Å²) in [5, 5.41) is 9.85. The number of hydrogen-bond acceptors (Lipinski definition) is 4. The van der Waals surface area contributed by atoms with Gasteiger partial charge in [-0.3, -0.25) is 9.69 Å². The maximum absolute atomic E-state index is 12.6. The van der Waals surface area contributed by atoms with Crippen LogP contribution in [0.25, 0.3) is 0 Å². The molecule has 1 aromatic carbocycles. The summed E-state index contributed by atoms with van der Waals surface area (Å²) in [6.07, 6.45) is 1.60. The van der Waals surface area contributed by atoms with E-state index in [1.165, 1.54) is 0 Å². The van der Waals surface area contributed by atoms with Crippen molar-refractivity contribution in [1.82, 2.24) is 4.90 Å². The van der Waals surface area contributed by atoms with Crippen LogP contribution >= 0.6 is 0 Å². The van der Waals surface area contributed by atoms with Crippen LogP contribution in [0.3, 0.4) is 0 Å². The minimum absolute atomic E-state index is 0.00786. The van der Waals surface area contributed by atoms with Gasteiger partial charge in [0.2, 0.25) is 0 Å². The second kappa shape index (κ2) is 6.56. The molecular weight excluding hydrogens is 294 g/mol. The van der Waals surface area contributed by atoms with E-state index >= 15 is 0 Å². The predicted molar refractivity (Wildman–Crippen MR) is 84.9 cm³/mol. The van der Waals surface area contributed by atoms with Gasteiger partial charge in [0.05, 0.1) is 20.2 Å². The predicted octanol–water partition coefficient (Wildman–Crippen LogP) is 1.18. The van der Waals surface area contributed by atoms with Crippen LogP contribution in [0, 0.1) is 0 Å². The largest absolute Gasteiger partial charge is 0.497 e. The summed E-state index contributed by atoms with van der Waals surface area (Å²) < 4.78 is 6.28. The number of carbonyl (C=O) groups excluding carboxylic acids is 1. The Labute approximate surface area is 135 Å². The van der Waals surface area contributed by atoms with Crippen molar-refractivity contribution < 1.29 is 19.5 Å². The zero-order chi connectivity index (χ0) is 16.2. The van der Waals surface area contributed by atoms with E-state index in [1.807, 2.05) is 29.2 Å². The van der Waals surface area contributed by atoms with Crippen LogP contribution in [-0.2, 0) is 0 Å². The molecule has 0 radical (unpaired) electrons. The molecule has 0 bridgehead atoms. The standard InChI is InChI=1S/C17H20N3O3/c1-23-15-6-4-5-14(13-15)17(21)19-11-9-18(10-12-19)16-7-2-3-8-20(16)22/h2-8,13,22H,9-12H2,1H3/q+1. The molecule has 1 N–H and O–H groups in total. The van der Waals surface area contributed by atoms with Crippen molar-refractivity contribution in [2.45, 2.75) is 0 Å². The van der Waals surface area contributed by atoms with Crippen LogP contribution in [0.4, 0.5) is 5.82 Å². The van der Waals surface area contributed by atoms with Crippen LogP contribution < -0.4 is 14.4 Å². The molecule has 1 amide bonds. The number of nitrogens with zero attached hydrogens (tertiary/aromatic N) is 3. The van der Waals surface area contributed by atoms with E-state index in [1.54, 1.807) is 31.5 Å². The van der Waals surface area contributed by atoms with Crippen molar-refractivity contribution in [3.8, 4) is 5.75 Å². The number of aromatic nitrogens is 1. The molecule has 0 saturated carbocycles. The highest BCUT2D eigenvalue weighted by Crippen LogP contribution is 2.17. The van der Waals surface area contributed by atoms with Gasteiger partial charge in [0.25, 0.3) is 5.91 Å². The molecule has 1 aromatic heterocycles. The van der Waals surface area contributed by atoms with Crippen molar-refractivity contribution in [3.05, 3.63) is 54.2 Å². The van der Waals surface area contributed by atoms with Crippen molar-refractivity contribution in [3.63, 3.8) is 0 Å². The molecule has 3 rings (SSSR count). The molecule has 120 valence electrons. The number of methoxy groups -OCH3 is 1. The van der Waals surface area contributed by atoms with Crippen molar-refractivity contribution >= 4 is 11.7 Å². The van der Waals surface area contributed by atoms with Gasteiger partial charge in [0.15, 0.2) is 0 Å². The van der Waals surface area contributed by atoms with Gasteiger partial charge in [-0.25, -0.2) is 0 Å². The summed E-state index contributed by atoms with van der Waals surface area (Å²) in [4.78, 5) is 16.5. The first-order chi connectivity index (χ1) is 11.2. The van der Waals surface area contributed by atoms with E-state index in [-0.39, 0.29) is 5.91 Å². The fraction of sp³-hybridized carbons (Fsp3) is 0.294. The van der Waals surface area contributed by atoms with E-state index < -0.39 is 0 Å². The maximum atomic E-state index is 12.6. The highest BCUT2D eigenvalue weighted by Gasteiger charge is 2.28. The Hall–Kier alpha value is -2.76. The first-order valence-corrected chi connectivity index (χ1v) is 7.57. The molecule has 1 fully saturated rings. The number of amides is 1. The van der Waals surface area contributed by atoms with Crippen LogP contribution in [0.15, 0.2) is 48.7 Å². The van der Waals surface area contributed by atoms with Crippen LogP contribution in [0.2, 0.25) is 0 Å². The lowest BCUT2D eigenvalue weighted by atomic mass is 10.1. The Morgan fingerprint density at radius 2 is 1.91 bits per heavy atom. The van der Waals surface area contributed by atoms with Crippen molar-refractivity contribution in [2.75, 3.05) is 38.2 Å². The lowest BCUT2D eigenvalue weighted by Gasteiger charge is -2.31. The maximum Gasteiger partial charge on any atom is 0.316 e. The summed E-state index contributed by atoms with van der Waals surface area (Å²) in [5.74, 6) is 1.43. The van der Waals surface area contributed by atoms with Gasteiger partial charge < -0.3 is 14.8 Å². The number of hydrogen-bond donors (Lipinski definition) is 1. The molecule has 6 heteroatoms. The molecule has 0 atom stereocenters. The zero-order valence-corrected chi connectivity index (χ0v) is 13.1. The molecule has 1 aliphatic heterocycles. The number of pyridine rings is 1. The molecular formula is C17H20N3O3+. The fourth-order valence-corrected chi connectivity index (χ4v) is 2.75. The Bertz CT molecular complexity index is 697. The van der Waals surface area contributed by atoms with E-state index in [4.69, 9.17) is 4.74 Å². The molecule has 0 spiro atoms. The molecule has 1 saturated heterocycles. The highest BCUT2D eigenvalue weighted by molar-refractivity contribution is 5.94. The Balaban J connectivity index is 1.66. The summed E-state index contributed by atoms with van der Waals surface area (Å²) in [6.45, 7) is 2.59. The van der Waals surface area contributed by atoms with E-state index in [9.17, 15) is 10.0 Å². The zero-order valence-electron chi connectivity index (χ0n) is 13.1. The quantitative estimate of drug-likeness (QED) is 0.683. The third-order valence-electron chi connectivity index (χ3n) is 4.03. The number of piperazine rings is 1. The Morgan fingerprint density at radius 1 is 1.13 bits per heavy atom. The number of rotatable bonds is 3. The fourth-order valence-electron chi connectivity index (χ4n) is 2.75. The van der Waals surface area contributed by atoms with Crippen molar-refractivity contribution in [1.29, 1.82) is 0 Å². The monoisotopic (exact) mass is 314 g/mol. The van der Waals surface area contributed by atoms with Crippen LogP contribution in [0.1, 0.15) is 10.4 Å². The van der Waals surface area contributed by atoms with Gasteiger partial charge in [-0.2, -0.15) is 0 Å². The minimum atomic E-state index is 0.00786. The number of carbonyl (C=O) groups is 1. The van der Waals surface area contributed by atoms with Gasteiger partial charge >= 0.3 is 5.82 Å². The second-order valence-corrected chi connectivity index (χ2v) is 5.41. The van der Waals surface area contributed by atoms with Crippen molar-refractivity contribution in [2.24, 2.45) is 0 Å². The lowest BCUT2D eigenvalue weighted by Crippen LogP contribution is -2.52. The first kappa shape index (κ1) is 15.1. The third kappa shape index (κ3) is 3.21. The number of ether oxygens (including phenoxy) is 1. The first-order valence-electron chi connectivity index (χ1n) is 7.57. The summed E-state index contributed by atoms with van der Waals surface area (Å²) in [6, 6.07) is 12.7. The molecule has 2 heterocycles. The van der Waals surface area contributed by atoms with Gasteiger partial charge in [-0.1, -0.05) is 16.9 Å². The summed E-state index contributed by atoms with van der Waals surface area (Å²) >= 11 is 0. The molecule has 0 aliphatic carbocycles. The summed E-state index contributed by atoms with van der Waals surface area (Å²) in [5.41, 5.74) is 0.634. The lowest BCUT2D eigenvalue weighted by molar-refractivity contribution is -0.894. The molecule has 1 aliphatic rings. The second-order valence-electron chi connectivity index (χ2n) is 5.41. The summed E-state index contributed by atoms with van der Waals surface area (Å²) in [7, 11) is 1.59. The molecule has 0 unspecified atom stereocenters. The molecule has 23 heavy (non-hydrogen) atoms. The van der Waals surface area contributed by atoms with E-state index in [2.05, 4.69) is 4.90 Å².